The second kappa shape index (κ2) is 16.2. The second-order valence-electron chi connectivity index (χ2n) is 10.7. The van der Waals surface area contributed by atoms with Crippen LogP contribution in [0, 0.1) is 31.6 Å². The molecular weight excluding hydrogens is 585 g/mol. The molecule has 0 aromatic heterocycles. The zero-order chi connectivity index (χ0) is 33.1. The zero-order valence-corrected chi connectivity index (χ0v) is 26.1. The maximum atomic E-state index is 13.2. The van der Waals surface area contributed by atoms with Crippen molar-refractivity contribution in [1.29, 1.82) is 5.26 Å². The molecule has 3 rings (SSSR count). The predicted molar refractivity (Wildman–Crippen MR) is 170 cm³/mol. The summed E-state index contributed by atoms with van der Waals surface area (Å²) in [5, 5.41) is 31.3. The van der Waals surface area contributed by atoms with Gasteiger partial charge in [0.2, 0.25) is 5.91 Å². The van der Waals surface area contributed by atoms with Crippen molar-refractivity contribution in [2.24, 2.45) is 0 Å². The first-order chi connectivity index (χ1) is 21.4. The first kappa shape index (κ1) is 32.9. The number of nitriles is 1. The van der Waals surface area contributed by atoms with E-state index in [4.69, 9.17) is 15.7 Å². The summed E-state index contributed by atoms with van der Waals surface area (Å²) in [5.41, 5.74) is 1.02. The van der Waals surface area contributed by atoms with Gasteiger partial charge >= 0.3 is 0 Å². The van der Waals surface area contributed by atoms with Crippen LogP contribution in [-0.2, 0) is 13.8 Å². The van der Waals surface area contributed by atoms with E-state index in [0.717, 1.165) is 17.2 Å². The molecule has 0 N–H and O–H groups in total. The fourth-order valence-corrected chi connectivity index (χ4v) is 6.47. The number of hydrogen-bond acceptors (Lipinski definition) is 9. The molecule has 2 aromatic carbocycles. The fraction of sp³-hybridized carbons (Fsp3) is 0.419. The Kier molecular flexibility index (Phi) is 12.1. The molecule has 0 saturated carbocycles. The lowest BCUT2D eigenvalue weighted by molar-refractivity contribution is -0.394. The van der Waals surface area contributed by atoms with E-state index in [2.05, 4.69) is 38.4 Å². The molecule has 1 heterocycles. The van der Waals surface area contributed by atoms with Crippen LogP contribution in [-0.4, -0.2) is 62.7 Å². The van der Waals surface area contributed by atoms with Gasteiger partial charge in [0.15, 0.2) is 0 Å². The number of carbonyl (C=O) groups is 1. The maximum absolute atomic E-state index is 13.2. The Balaban J connectivity index is 1.66. The maximum Gasteiger partial charge on any atom is 0.283 e. The zero-order valence-electron chi connectivity index (χ0n) is 26.2. The molecular formula is C31H38N5O7P. The normalized spacial score (nSPS) is 18.0. The minimum atomic E-state index is -1.46. The third-order valence-electron chi connectivity index (χ3n) is 6.79. The van der Waals surface area contributed by atoms with Crippen molar-refractivity contribution >= 4 is 44.0 Å². The van der Waals surface area contributed by atoms with E-state index in [9.17, 15) is 25.0 Å². The molecule has 1 aliphatic rings. The number of hydrogen-bond donors (Lipinski definition) is 0. The van der Waals surface area contributed by atoms with E-state index in [1.54, 1.807) is 41.3 Å². The van der Waals surface area contributed by atoms with Gasteiger partial charge in [-0.15, -0.1) is 0 Å². The number of nitro benzene ring substituents is 2. The molecule has 44 heavy (non-hydrogen) atoms. The Hall–Kier alpha value is -4.01. The molecule has 0 bridgehead atoms. The van der Waals surface area contributed by atoms with Crippen molar-refractivity contribution in [3.05, 3.63) is 85.5 Å². The van der Waals surface area contributed by atoms with Crippen molar-refractivity contribution < 1.29 is 25.1 Å². The van der Waals surface area contributed by atoms with Gasteiger partial charge in [0, 0.05) is 38.2 Å². The number of nitrogens with zero attached hydrogens (tertiary/aromatic N) is 5. The number of amides is 1. The summed E-state index contributed by atoms with van der Waals surface area (Å²) < 4.78 is 22.6. The van der Waals surface area contributed by atoms with Gasteiger partial charge in [-0.25, -0.2) is 4.67 Å². The molecule has 1 aliphatic heterocycles. The molecule has 1 saturated heterocycles. The fourth-order valence-electron chi connectivity index (χ4n) is 4.75. The molecule has 0 radical (unpaired) electrons. The molecule has 2 aromatic rings. The molecule has 1 fully saturated rings. The number of benzene rings is 2. The molecule has 0 spiro atoms. The van der Waals surface area contributed by atoms with Crippen LogP contribution in [0.3, 0.4) is 0 Å². The quantitative estimate of drug-likeness (QED) is 0.0542. The van der Waals surface area contributed by atoms with Crippen molar-refractivity contribution in [1.82, 2.24) is 9.57 Å². The summed E-state index contributed by atoms with van der Waals surface area (Å²) in [5.74, 6) is -0.230. The number of carbonyl (C=O) groups excluding carboxylic acids is 1. The number of nitro groups is 2. The van der Waals surface area contributed by atoms with Crippen LogP contribution < -0.4 is 0 Å². The standard InChI is InChI=1S/C31H38N5O7P/c1-22(2)34(23(3)4)44(42-18-6-17-32)43-29-19-24(5)33(21-29)31(37)16-12-26-9-7-25(8-10-26)11-13-27-14-15-28(35(38)39)20-30(27)36(40)41/h7-16,20,22-24,29H,6,18-19,21H2,1-5H3/b13-11+,16-12+/t24-,29-,44?/m1/s1/i5D. The number of non-ortho nitro benzene ring substituents is 1. The van der Waals surface area contributed by atoms with E-state index in [1.807, 2.05) is 0 Å². The Bertz CT molecular complexity index is 1440. The van der Waals surface area contributed by atoms with E-state index < -0.39 is 18.4 Å². The van der Waals surface area contributed by atoms with Crippen LogP contribution in [0.4, 0.5) is 11.4 Å². The topological polar surface area (TPSA) is 152 Å². The van der Waals surface area contributed by atoms with Crippen LogP contribution in [0.5, 0.6) is 0 Å². The van der Waals surface area contributed by atoms with Crippen molar-refractivity contribution in [3.8, 4) is 6.07 Å². The minimum Gasteiger partial charge on any atom is -0.334 e. The summed E-state index contributed by atoms with van der Waals surface area (Å²) in [7, 11) is -1.46. The average Bonchev–Trinajstić information content (AvgIpc) is 3.41. The Morgan fingerprint density at radius 1 is 1.11 bits per heavy atom. The van der Waals surface area contributed by atoms with Gasteiger partial charge in [-0.3, -0.25) is 25.0 Å². The monoisotopic (exact) mass is 624 g/mol. The van der Waals surface area contributed by atoms with Gasteiger partial charge in [-0.05, 0) is 70.4 Å². The first-order valence-corrected chi connectivity index (χ1v) is 15.3. The third-order valence-corrected chi connectivity index (χ3v) is 8.98. The van der Waals surface area contributed by atoms with Gasteiger partial charge in [-0.1, -0.05) is 30.3 Å². The summed E-state index contributed by atoms with van der Waals surface area (Å²) in [6.45, 7) is 8.85. The van der Waals surface area contributed by atoms with E-state index in [1.165, 1.54) is 24.3 Å². The summed E-state index contributed by atoms with van der Waals surface area (Å²) >= 11 is 0. The van der Waals surface area contributed by atoms with E-state index in [-0.39, 0.29) is 67.0 Å². The lowest BCUT2D eigenvalue weighted by Crippen LogP contribution is -2.35. The van der Waals surface area contributed by atoms with Crippen molar-refractivity contribution in [2.45, 2.75) is 71.7 Å². The molecule has 0 aliphatic carbocycles. The van der Waals surface area contributed by atoms with Gasteiger partial charge in [0.25, 0.3) is 19.9 Å². The van der Waals surface area contributed by atoms with Gasteiger partial charge in [0.05, 0.1) is 46.7 Å². The first-order valence-electron chi connectivity index (χ1n) is 14.9. The predicted octanol–water partition coefficient (Wildman–Crippen LogP) is 6.97. The molecule has 1 amide bonds. The van der Waals surface area contributed by atoms with Crippen LogP contribution in [0.25, 0.3) is 18.2 Å². The number of likely N-dealkylation sites (tertiary alicyclic amines) is 1. The summed E-state index contributed by atoms with van der Waals surface area (Å²) in [4.78, 5) is 35.8. The molecule has 12 nitrogen and oxygen atoms in total. The largest absolute Gasteiger partial charge is 0.334 e. The minimum absolute atomic E-state index is 0.0404. The smallest absolute Gasteiger partial charge is 0.283 e. The van der Waals surface area contributed by atoms with Crippen molar-refractivity contribution in [3.63, 3.8) is 0 Å². The van der Waals surface area contributed by atoms with Gasteiger partial charge in [0.1, 0.15) is 0 Å². The Labute approximate surface area is 260 Å². The highest BCUT2D eigenvalue weighted by Crippen LogP contribution is 2.48. The van der Waals surface area contributed by atoms with Crippen LogP contribution >= 0.6 is 8.53 Å². The average molecular weight is 625 g/mol. The van der Waals surface area contributed by atoms with Crippen molar-refractivity contribution in [2.75, 3.05) is 13.2 Å². The highest BCUT2D eigenvalue weighted by Gasteiger charge is 2.37. The number of rotatable bonds is 14. The molecule has 13 heteroatoms. The van der Waals surface area contributed by atoms with E-state index in [0.29, 0.717) is 13.0 Å². The molecule has 1 unspecified atom stereocenters. The molecule has 234 valence electrons. The second-order valence-corrected chi connectivity index (χ2v) is 12.2. The SMILES string of the molecule is [2H]C[C@@H]1C[C@@H](OP(OCCC#N)N(C(C)C)C(C)C)CN1C(=O)/C=C/c1ccc(/C=C/c2ccc([N+](=O)[O-])cc2[N+](=O)[O-])cc1. The molecule has 3 atom stereocenters. The van der Waals surface area contributed by atoms with Gasteiger partial charge in [-0.2, -0.15) is 5.26 Å². The Morgan fingerprint density at radius 3 is 2.34 bits per heavy atom. The van der Waals surface area contributed by atoms with Crippen LogP contribution in [0.15, 0.2) is 48.5 Å². The van der Waals surface area contributed by atoms with Gasteiger partial charge < -0.3 is 13.9 Å². The lowest BCUT2D eigenvalue weighted by Gasteiger charge is -2.36. The highest BCUT2D eigenvalue weighted by atomic mass is 31.2. The van der Waals surface area contributed by atoms with Crippen LogP contribution in [0.1, 0.15) is 65.5 Å². The van der Waals surface area contributed by atoms with E-state index >= 15 is 0 Å². The Morgan fingerprint density at radius 2 is 1.77 bits per heavy atom. The highest BCUT2D eigenvalue weighted by molar-refractivity contribution is 7.44. The lowest BCUT2D eigenvalue weighted by atomic mass is 10.1. The summed E-state index contributed by atoms with van der Waals surface area (Å²) in [6, 6.07) is 12.7. The van der Waals surface area contributed by atoms with Crippen LogP contribution in [0.2, 0.25) is 0 Å². The third kappa shape index (κ3) is 9.49. The summed E-state index contributed by atoms with van der Waals surface area (Å²) in [6.07, 6.45) is 6.80.